The molecule has 26 heavy (non-hydrogen) atoms. The third-order valence-electron chi connectivity index (χ3n) is 3.93. The summed E-state index contributed by atoms with van der Waals surface area (Å²) < 4.78 is 1.40. The summed E-state index contributed by atoms with van der Waals surface area (Å²) in [5.41, 5.74) is 0.819. The van der Waals surface area contributed by atoms with E-state index in [9.17, 15) is 4.79 Å². The summed E-state index contributed by atoms with van der Waals surface area (Å²) >= 11 is 7.17. The van der Waals surface area contributed by atoms with E-state index in [4.69, 9.17) is 17.4 Å². The average molecular weight is 396 g/mol. The number of hydrogen-bond donors (Lipinski definition) is 2. The monoisotopic (exact) mass is 395 g/mol. The third-order valence-corrected chi connectivity index (χ3v) is 5.12. The predicted molar refractivity (Wildman–Crippen MR) is 108 cm³/mol. The van der Waals surface area contributed by atoms with Gasteiger partial charge in [0.15, 0.2) is 5.82 Å². The molecule has 0 unspecified atom stereocenters. The first kappa shape index (κ1) is 20.6. The minimum absolute atomic E-state index is 0.0249. The second kappa shape index (κ2) is 9.83. The van der Waals surface area contributed by atoms with E-state index in [0.717, 1.165) is 18.4 Å². The SMILES string of the molecule is CC(C)CCC[C@@H](C)NC(=O)CSc1nnc(-c2ccc(Cl)cc2)n1N. The van der Waals surface area contributed by atoms with Crippen molar-refractivity contribution in [3.05, 3.63) is 29.3 Å². The van der Waals surface area contributed by atoms with Crippen LogP contribution in [0.5, 0.6) is 0 Å². The summed E-state index contributed by atoms with van der Waals surface area (Å²) in [5.74, 6) is 7.52. The second-order valence-electron chi connectivity index (χ2n) is 6.77. The number of nitrogens with two attached hydrogens (primary N) is 1. The molecule has 0 aliphatic rings. The van der Waals surface area contributed by atoms with E-state index in [1.165, 1.54) is 22.9 Å². The number of nitrogens with zero attached hydrogens (tertiary/aromatic N) is 3. The summed E-state index contributed by atoms with van der Waals surface area (Å²) in [6.07, 6.45) is 3.29. The topological polar surface area (TPSA) is 85.8 Å². The van der Waals surface area contributed by atoms with Crippen molar-refractivity contribution in [3.63, 3.8) is 0 Å². The van der Waals surface area contributed by atoms with Crippen LogP contribution in [0.15, 0.2) is 29.4 Å². The van der Waals surface area contributed by atoms with Crippen LogP contribution in [0, 0.1) is 5.92 Å². The molecule has 0 saturated heterocycles. The number of benzene rings is 1. The first-order chi connectivity index (χ1) is 12.4. The molecular weight excluding hydrogens is 370 g/mol. The maximum absolute atomic E-state index is 12.1. The molecule has 1 aromatic heterocycles. The highest BCUT2D eigenvalue weighted by atomic mass is 35.5. The van der Waals surface area contributed by atoms with Crippen LogP contribution in [0.1, 0.15) is 40.0 Å². The van der Waals surface area contributed by atoms with E-state index >= 15 is 0 Å². The van der Waals surface area contributed by atoms with E-state index < -0.39 is 0 Å². The van der Waals surface area contributed by atoms with Gasteiger partial charge in [-0.05, 0) is 43.5 Å². The fourth-order valence-corrected chi connectivity index (χ4v) is 3.32. The number of carbonyl (C=O) groups is 1. The molecule has 1 heterocycles. The van der Waals surface area contributed by atoms with Crippen molar-refractivity contribution in [2.45, 2.75) is 51.2 Å². The number of thioether (sulfide) groups is 1. The number of nitrogens with one attached hydrogen (secondary N) is 1. The number of rotatable bonds is 9. The van der Waals surface area contributed by atoms with E-state index in [1.807, 2.05) is 19.1 Å². The van der Waals surface area contributed by atoms with Crippen molar-refractivity contribution in [2.24, 2.45) is 5.92 Å². The third kappa shape index (κ3) is 6.21. The van der Waals surface area contributed by atoms with E-state index in [-0.39, 0.29) is 17.7 Å². The molecule has 2 aromatic rings. The molecule has 1 aromatic carbocycles. The van der Waals surface area contributed by atoms with Crippen LogP contribution in [0.3, 0.4) is 0 Å². The van der Waals surface area contributed by atoms with Gasteiger partial charge in [0, 0.05) is 16.6 Å². The van der Waals surface area contributed by atoms with Crippen molar-refractivity contribution in [3.8, 4) is 11.4 Å². The van der Waals surface area contributed by atoms with Gasteiger partial charge < -0.3 is 11.2 Å². The van der Waals surface area contributed by atoms with Crippen LogP contribution in [0.25, 0.3) is 11.4 Å². The quantitative estimate of drug-likeness (QED) is 0.499. The minimum atomic E-state index is -0.0249. The zero-order valence-corrected chi connectivity index (χ0v) is 17.0. The normalized spacial score (nSPS) is 12.3. The molecule has 0 fully saturated rings. The number of halogens is 1. The molecule has 142 valence electrons. The fraction of sp³-hybridized carbons (Fsp3) is 0.500. The van der Waals surface area contributed by atoms with Gasteiger partial charge in [-0.3, -0.25) is 4.79 Å². The molecule has 0 bridgehead atoms. The van der Waals surface area contributed by atoms with Gasteiger partial charge in [-0.15, -0.1) is 10.2 Å². The van der Waals surface area contributed by atoms with E-state index in [1.54, 1.807) is 12.1 Å². The summed E-state index contributed by atoms with van der Waals surface area (Å²) in [6.45, 7) is 6.45. The largest absolute Gasteiger partial charge is 0.353 e. The maximum atomic E-state index is 12.1. The Bertz CT molecular complexity index is 717. The van der Waals surface area contributed by atoms with Crippen molar-refractivity contribution in [1.82, 2.24) is 20.2 Å². The first-order valence-corrected chi connectivity index (χ1v) is 10.1. The molecule has 8 heteroatoms. The van der Waals surface area contributed by atoms with Crippen LogP contribution in [0.4, 0.5) is 0 Å². The van der Waals surface area contributed by atoms with Crippen molar-refractivity contribution in [2.75, 3.05) is 11.6 Å². The molecule has 0 radical (unpaired) electrons. The predicted octanol–water partition coefficient (Wildman–Crippen LogP) is 3.74. The van der Waals surface area contributed by atoms with Crippen molar-refractivity contribution >= 4 is 29.3 Å². The Kier molecular flexibility index (Phi) is 7.78. The number of carbonyl (C=O) groups excluding carboxylic acids is 1. The standard InChI is InChI=1S/C18H26ClN5OS/c1-12(2)5-4-6-13(3)21-16(25)11-26-18-23-22-17(24(18)20)14-7-9-15(19)10-8-14/h7-10,12-13H,4-6,11,20H2,1-3H3,(H,21,25)/t13-/m1/s1. The number of amides is 1. The van der Waals surface area contributed by atoms with Gasteiger partial charge in [-0.25, -0.2) is 4.68 Å². The van der Waals surface area contributed by atoms with E-state index in [0.29, 0.717) is 21.9 Å². The Morgan fingerprint density at radius 1 is 1.23 bits per heavy atom. The van der Waals surface area contributed by atoms with Gasteiger partial charge in [-0.1, -0.05) is 50.1 Å². The molecule has 0 aliphatic heterocycles. The van der Waals surface area contributed by atoms with Crippen molar-refractivity contribution in [1.29, 1.82) is 0 Å². The van der Waals surface area contributed by atoms with Crippen LogP contribution >= 0.6 is 23.4 Å². The molecule has 0 saturated carbocycles. The average Bonchev–Trinajstić information content (AvgIpc) is 2.94. The van der Waals surface area contributed by atoms with Crippen LogP contribution in [-0.4, -0.2) is 32.6 Å². The molecule has 6 nitrogen and oxygen atoms in total. The lowest BCUT2D eigenvalue weighted by Gasteiger charge is -2.14. The smallest absolute Gasteiger partial charge is 0.230 e. The Labute approximate surface area is 163 Å². The summed E-state index contributed by atoms with van der Waals surface area (Å²) in [5, 5.41) is 12.3. The zero-order chi connectivity index (χ0) is 19.1. The Balaban J connectivity index is 1.84. The van der Waals surface area contributed by atoms with Gasteiger partial charge in [0.25, 0.3) is 0 Å². The highest BCUT2D eigenvalue weighted by molar-refractivity contribution is 7.99. The molecule has 1 amide bonds. The molecule has 1 atom stereocenters. The Morgan fingerprint density at radius 3 is 2.58 bits per heavy atom. The fourth-order valence-electron chi connectivity index (χ4n) is 2.52. The zero-order valence-electron chi connectivity index (χ0n) is 15.4. The van der Waals surface area contributed by atoms with Crippen LogP contribution < -0.4 is 11.2 Å². The molecule has 0 aliphatic carbocycles. The Morgan fingerprint density at radius 2 is 1.92 bits per heavy atom. The van der Waals surface area contributed by atoms with E-state index in [2.05, 4.69) is 29.4 Å². The maximum Gasteiger partial charge on any atom is 0.230 e. The van der Waals surface area contributed by atoms with Crippen LogP contribution in [-0.2, 0) is 4.79 Å². The first-order valence-electron chi connectivity index (χ1n) is 8.75. The summed E-state index contributed by atoms with van der Waals surface area (Å²) in [4.78, 5) is 12.1. The second-order valence-corrected chi connectivity index (χ2v) is 8.14. The minimum Gasteiger partial charge on any atom is -0.353 e. The van der Waals surface area contributed by atoms with Gasteiger partial charge in [0.05, 0.1) is 5.75 Å². The van der Waals surface area contributed by atoms with Gasteiger partial charge >= 0.3 is 0 Å². The number of aromatic nitrogens is 3. The van der Waals surface area contributed by atoms with Gasteiger partial charge in [0.2, 0.25) is 11.1 Å². The molecule has 2 rings (SSSR count). The molecule has 3 N–H and O–H groups in total. The number of hydrogen-bond acceptors (Lipinski definition) is 5. The van der Waals surface area contributed by atoms with Crippen molar-refractivity contribution < 1.29 is 4.79 Å². The number of nitrogen functional groups attached to an aromatic ring is 1. The molecular formula is C18H26ClN5OS. The van der Waals surface area contributed by atoms with Gasteiger partial charge in [-0.2, -0.15) is 0 Å². The lowest BCUT2D eigenvalue weighted by atomic mass is 10.0. The Hall–Kier alpha value is -1.73. The highest BCUT2D eigenvalue weighted by Gasteiger charge is 2.14. The lowest BCUT2D eigenvalue weighted by molar-refractivity contribution is -0.119. The summed E-state index contributed by atoms with van der Waals surface area (Å²) in [6, 6.07) is 7.37. The van der Waals surface area contributed by atoms with Gasteiger partial charge in [0.1, 0.15) is 0 Å². The van der Waals surface area contributed by atoms with Crippen LogP contribution in [0.2, 0.25) is 5.02 Å². The highest BCUT2D eigenvalue weighted by Crippen LogP contribution is 2.22. The summed E-state index contributed by atoms with van der Waals surface area (Å²) in [7, 11) is 0. The molecule has 0 spiro atoms. The lowest BCUT2D eigenvalue weighted by Crippen LogP contribution is -2.34.